The zero-order valence-corrected chi connectivity index (χ0v) is 19.4. The van der Waals surface area contributed by atoms with Crippen molar-refractivity contribution in [1.82, 2.24) is 10.2 Å². The number of nitrogens with zero attached hydrogens (tertiary/aromatic N) is 2. The molecule has 6 nitrogen and oxygen atoms in total. The second kappa shape index (κ2) is 10.1. The molecule has 7 heteroatoms. The quantitative estimate of drug-likeness (QED) is 0.605. The van der Waals surface area contributed by atoms with Gasteiger partial charge in [-0.3, -0.25) is 4.79 Å². The van der Waals surface area contributed by atoms with Crippen LogP contribution in [0.4, 0.5) is 16.2 Å². The van der Waals surface area contributed by atoms with E-state index in [1.165, 1.54) is 12.8 Å². The van der Waals surface area contributed by atoms with Crippen LogP contribution in [0.1, 0.15) is 42.6 Å². The molecule has 1 fully saturated rings. The Kier molecular flexibility index (Phi) is 7.44. The molecule has 0 radical (unpaired) electrons. The number of hydrogen-bond acceptors (Lipinski definition) is 3. The summed E-state index contributed by atoms with van der Waals surface area (Å²) in [6.45, 7) is 5.13. The van der Waals surface area contributed by atoms with Crippen LogP contribution in [0.2, 0.25) is 5.02 Å². The monoisotopic (exact) mass is 442 g/mol. The van der Waals surface area contributed by atoms with Crippen molar-refractivity contribution in [2.45, 2.75) is 39.3 Å². The SMILES string of the molecule is CC(C)NC(=O)N(Cc1cc(NC(=O)c2ccccc2Cl)ccc1N(C)C)CC1CC1. The van der Waals surface area contributed by atoms with E-state index in [1.807, 2.05) is 55.9 Å². The summed E-state index contributed by atoms with van der Waals surface area (Å²) >= 11 is 6.16. The highest BCUT2D eigenvalue weighted by atomic mass is 35.5. The van der Waals surface area contributed by atoms with Crippen molar-refractivity contribution in [3.8, 4) is 0 Å². The molecular weight excluding hydrogens is 412 g/mol. The van der Waals surface area contributed by atoms with Gasteiger partial charge in [0.2, 0.25) is 0 Å². The lowest BCUT2D eigenvalue weighted by Crippen LogP contribution is -2.43. The number of benzene rings is 2. The molecule has 1 aliphatic carbocycles. The Morgan fingerprint density at radius 1 is 1.13 bits per heavy atom. The first-order valence-electron chi connectivity index (χ1n) is 10.7. The Morgan fingerprint density at radius 2 is 1.84 bits per heavy atom. The average Bonchev–Trinajstić information content (AvgIpc) is 3.51. The summed E-state index contributed by atoms with van der Waals surface area (Å²) in [5, 5.41) is 6.35. The summed E-state index contributed by atoms with van der Waals surface area (Å²) in [4.78, 5) is 29.4. The van der Waals surface area contributed by atoms with Crippen LogP contribution in [0.5, 0.6) is 0 Å². The first-order valence-corrected chi connectivity index (χ1v) is 11.0. The van der Waals surface area contributed by atoms with Gasteiger partial charge in [0.25, 0.3) is 5.91 Å². The molecule has 2 aromatic rings. The van der Waals surface area contributed by atoms with E-state index in [0.29, 0.717) is 28.7 Å². The first-order chi connectivity index (χ1) is 14.7. The fourth-order valence-electron chi connectivity index (χ4n) is 3.45. The molecule has 0 heterocycles. The van der Waals surface area contributed by atoms with Gasteiger partial charge in [-0.1, -0.05) is 23.7 Å². The molecule has 0 aromatic heterocycles. The van der Waals surface area contributed by atoms with E-state index in [2.05, 4.69) is 10.6 Å². The molecule has 3 amide bonds. The Bertz CT molecular complexity index is 941. The zero-order valence-electron chi connectivity index (χ0n) is 18.6. The van der Waals surface area contributed by atoms with Crippen molar-refractivity contribution in [1.29, 1.82) is 0 Å². The van der Waals surface area contributed by atoms with Gasteiger partial charge in [0.1, 0.15) is 0 Å². The Morgan fingerprint density at radius 3 is 2.45 bits per heavy atom. The van der Waals surface area contributed by atoms with Crippen molar-refractivity contribution in [3.05, 3.63) is 58.6 Å². The standard InChI is InChI=1S/C24H31ClN4O2/c1-16(2)26-24(31)29(14-17-9-10-17)15-18-13-19(11-12-22(18)28(3)4)27-23(30)20-7-5-6-8-21(20)25/h5-8,11-13,16-17H,9-10,14-15H2,1-4H3,(H,26,31)(H,27,30). The second-order valence-electron chi connectivity index (χ2n) is 8.60. The van der Waals surface area contributed by atoms with Crippen LogP contribution in [0, 0.1) is 5.92 Å². The molecule has 2 aromatic carbocycles. The number of rotatable bonds is 8. The summed E-state index contributed by atoms with van der Waals surface area (Å²) in [6, 6.07) is 12.7. The number of amides is 3. The normalized spacial score (nSPS) is 13.1. The van der Waals surface area contributed by atoms with Crippen LogP contribution in [0.3, 0.4) is 0 Å². The van der Waals surface area contributed by atoms with Gasteiger partial charge >= 0.3 is 6.03 Å². The van der Waals surface area contributed by atoms with Gasteiger partial charge < -0.3 is 20.4 Å². The Balaban J connectivity index is 1.84. The van der Waals surface area contributed by atoms with E-state index < -0.39 is 0 Å². The minimum absolute atomic E-state index is 0.0582. The predicted octanol–water partition coefficient (Wildman–Crippen LogP) is 4.99. The number of urea groups is 1. The summed E-state index contributed by atoms with van der Waals surface area (Å²) in [5.41, 5.74) is 3.07. The maximum absolute atomic E-state index is 12.8. The molecule has 0 aliphatic heterocycles. The van der Waals surface area contributed by atoms with Crippen LogP contribution >= 0.6 is 11.6 Å². The van der Waals surface area contributed by atoms with Gasteiger partial charge in [0.15, 0.2) is 0 Å². The molecule has 1 aliphatic rings. The fourth-order valence-corrected chi connectivity index (χ4v) is 3.67. The molecule has 31 heavy (non-hydrogen) atoms. The van der Waals surface area contributed by atoms with Crippen molar-refractivity contribution in [2.75, 3.05) is 30.9 Å². The Hall–Kier alpha value is -2.73. The molecule has 3 rings (SSSR count). The van der Waals surface area contributed by atoms with Gasteiger partial charge in [0, 0.05) is 44.6 Å². The summed E-state index contributed by atoms with van der Waals surface area (Å²) < 4.78 is 0. The van der Waals surface area contributed by atoms with Crippen molar-refractivity contribution < 1.29 is 9.59 Å². The maximum atomic E-state index is 12.8. The number of halogens is 1. The van der Waals surface area contributed by atoms with E-state index in [9.17, 15) is 9.59 Å². The summed E-state index contributed by atoms with van der Waals surface area (Å²) in [6.07, 6.45) is 2.33. The van der Waals surface area contributed by atoms with Crippen LogP contribution in [-0.2, 0) is 6.54 Å². The van der Waals surface area contributed by atoms with Crippen molar-refractivity contribution in [2.24, 2.45) is 5.92 Å². The smallest absolute Gasteiger partial charge is 0.317 e. The number of carbonyl (C=O) groups excluding carboxylic acids is 2. The highest BCUT2D eigenvalue weighted by Crippen LogP contribution is 2.32. The van der Waals surface area contributed by atoms with Crippen LogP contribution < -0.4 is 15.5 Å². The molecule has 0 bridgehead atoms. The number of anilines is 2. The van der Waals surface area contributed by atoms with Crippen LogP contribution in [0.15, 0.2) is 42.5 Å². The third kappa shape index (κ3) is 6.37. The predicted molar refractivity (Wildman–Crippen MR) is 127 cm³/mol. The average molecular weight is 443 g/mol. The molecule has 0 saturated heterocycles. The van der Waals surface area contributed by atoms with E-state index in [4.69, 9.17) is 11.6 Å². The number of nitrogens with one attached hydrogen (secondary N) is 2. The molecular formula is C24H31ClN4O2. The molecule has 166 valence electrons. The van der Waals surface area contributed by atoms with Crippen LogP contribution in [-0.4, -0.2) is 43.5 Å². The van der Waals surface area contributed by atoms with Gasteiger partial charge in [0.05, 0.1) is 10.6 Å². The fraction of sp³-hybridized carbons (Fsp3) is 0.417. The Labute approximate surface area is 189 Å². The molecule has 0 unspecified atom stereocenters. The van der Waals surface area contributed by atoms with Gasteiger partial charge in [-0.05, 0) is 68.5 Å². The zero-order chi connectivity index (χ0) is 22.5. The third-order valence-electron chi connectivity index (χ3n) is 5.17. The van der Waals surface area contributed by atoms with E-state index >= 15 is 0 Å². The van der Waals surface area contributed by atoms with Crippen molar-refractivity contribution >= 4 is 34.9 Å². The maximum Gasteiger partial charge on any atom is 0.317 e. The van der Waals surface area contributed by atoms with Crippen LogP contribution in [0.25, 0.3) is 0 Å². The lowest BCUT2D eigenvalue weighted by Gasteiger charge is -2.27. The van der Waals surface area contributed by atoms with Gasteiger partial charge in [-0.15, -0.1) is 0 Å². The minimum atomic E-state index is -0.262. The molecule has 1 saturated carbocycles. The van der Waals surface area contributed by atoms with E-state index in [0.717, 1.165) is 17.8 Å². The lowest BCUT2D eigenvalue weighted by atomic mass is 10.1. The third-order valence-corrected chi connectivity index (χ3v) is 5.50. The van der Waals surface area contributed by atoms with Gasteiger partial charge in [-0.2, -0.15) is 0 Å². The second-order valence-corrected chi connectivity index (χ2v) is 9.01. The highest BCUT2D eigenvalue weighted by molar-refractivity contribution is 6.34. The van der Waals surface area contributed by atoms with E-state index in [-0.39, 0.29) is 18.0 Å². The topological polar surface area (TPSA) is 64.7 Å². The first kappa shape index (κ1) is 22.9. The molecule has 2 N–H and O–H groups in total. The number of hydrogen-bond donors (Lipinski definition) is 2. The molecule has 0 spiro atoms. The lowest BCUT2D eigenvalue weighted by molar-refractivity contribution is 0.102. The summed E-state index contributed by atoms with van der Waals surface area (Å²) in [5.74, 6) is 0.311. The largest absolute Gasteiger partial charge is 0.377 e. The highest BCUT2D eigenvalue weighted by Gasteiger charge is 2.27. The summed E-state index contributed by atoms with van der Waals surface area (Å²) in [7, 11) is 3.94. The minimum Gasteiger partial charge on any atom is -0.377 e. The number of carbonyl (C=O) groups is 2. The molecule has 0 atom stereocenters. The van der Waals surface area contributed by atoms with Crippen molar-refractivity contribution in [3.63, 3.8) is 0 Å². The van der Waals surface area contributed by atoms with E-state index in [1.54, 1.807) is 24.3 Å². The van der Waals surface area contributed by atoms with Gasteiger partial charge in [-0.25, -0.2) is 4.79 Å².